The van der Waals surface area contributed by atoms with E-state index in [4.69, 9.17) is 4.42 Å². The molecule has 2 amide bonds. The Morgan fingerprint density at radius 3 is 2.50 bits per heavy atom. The first-order valence-corrected chi connectivity index (χ1v) is 7.80. The molecule has 0 saturated carbocycles. The van der Waals surface area contributed by atoms with E-state index in [0.29, 0.717) is 17.1 Å². The average molecular weight is 318 g/mol. The topological polar surface area (TPSA) is 71.3 Å². The van der Waals surface area contributed by atoms with Crippen LogP contribution in [0.4, 0.5) is 0 Å². The van der Waals surface area contributed by atoms with Gasteiger partial charge in [0.05, 0.1) is 11.3 Å². The molecule has 0 bridgehead atoms. The summed E-state index contributed by atoms with van der Waals surface area (Å²) in [7, 11) is 0. The number of amides is 2. The molecule has 0 radical (unpaired) electrons. The van der Waals surface area contributed by atoms with Crippen LogP contribution in [0.15, 0.2) is 39.6 Å². The van der Waals surface area contributed by atoms with Gasteiger partial charge in [-0.3, -0.25) is 20.4 Å². The number of benzene rings is 1. The number of hydrazine groups is 1. The Labute approximate surface area is 133 Å². The highest BCUT2D eigenvalue weighted by atomic mass is 32.2. The first-order valence-electron chi connectivity index (χ1n) is 6.82. The number of nitrogens with one attached hydrogen (secondary N) is 2. The van der Waals surface area contributed by atoms with Crippen molar-refractivity contribution < 1.29 is 14.0 Å². The second kappa shape index (κ2) is 7.17. The van der Waals surface area contributed by atoms with Gasteiger partial charge in [0.25, 0.3) is 5.91 Å². The van der Waals surface area contributed by atoms with Gasteiger partial charge in [0.2, 0.25) is 5.91 Å². The third-order valence-electron chi connectivity index (χ3n) is 3.05. The summed E-state index contributed by atoms with van der Waals surface area (Å²) in [6, 6.07) is 9.47. The monoisotopic (exact) mass is 318 g/mol. The number of thioether (sulfide) groups is 1. The van der Waals surface area contributed by atoms with Crippen molar-refractivity contribution in [1.29, 1.82) is 0 Å². The predicted molar refractivity (Wildman–Crippen MR) is 85.7 cm³/mol. The zero-order chi connectivity index (χ0) is 16.1. The molecule has 22 heavy (non-hydrogen) atoms. The van der Waals surface area contributed by atoms with Crippen LogP contribution in [-0.4, -0.2) is 17.6 Å². The standard InChI is InChI=1S/C16H18N2O3S/c1-10-6-4-5-7-14(10)22-9-15(19)17-18-16(20)13-8-11(2)21-12(13)3/h4-8H,9H2,1-3H3,(H,17,19)(H,18,20). The van der Waals surface area contributed by atoms with Crippen molar-refractivity contribution in [3.63, 3.8) is 0 Å². The molecular formula is C16H18N2O3S. The number of hydrogen-bond acceptors (Lipinski definition) is 4. The van der Waals surface area contributed by atoms with E-state index < -0.39 is 0 Å². The number of carbonyl (C=O) groups excluding carboxylic acids is 2. The van der Waals surface area contributed by atoms with Gasteiger partial charge in [-0.05, 0) is 38.5 Å². The summed E-state index contributed by atoms with van der Waals surface area (Å²) < 4.78 is 5.28. The molecule has 0 aliphatic carbocycles. The lowest BCUT2D eigenvalue weighted by atomic mass is 10.2. The second-order valence-corrected chi connectivity index (χ2v) is 5.90. The maximum absolute atomic E-state index is 11.9. The third kappa shape index (κ3) is 4.14. The molecule has 0 unspecified atom stereocenters. The van der Waals surface area contributed by atoms with Gasteiger partial charge in [0.15, 0.2) is 0 Å². The van der Waals surface area contributed by atoms with E-state index >= 15 is 0 Å². The first-order chi connectivity index (χ1) is 10.5. The molecule has 1 heterocycles. The molecule has 0 spiro atoms. The molecule has 116 valence electrons. The van der Waals surface area contributed by atoms with Crippen molar-refractivity contribution in [3.05, 3.63) is 53.0 Å². The van der Waals surface area contributed by atoms with Crippen LogP contribution in [0.1, 0.15) is 27.4 Å². The predicted octanol–water partition coefficient (Wildman–Crippen LogP) is 2.76. The summed E-state index contributed by atoms with van der Waals surface area (Å²) in [6.45, 7) is 5.46. The lowest BCUT2D eigenvalue weighted by Gasteiger charge is -2.07. The third-order valence-corrected chi connectivity index (χ3v) is 4.23. The zero-order valence-electron chi connectivity index (χ0n) is 12.7. The van der Waals surface area contributed by atoms with E-state index in [1.54, 1.807) is 19.9 Å². The fraction of sp³-hybridized carbons (Fsp3) is 0.250. The van der Waals surface area contributed by atoms with Gasteiger partial charge in [-0.25, -0.2) is 0 Å². The van der Waals surface area contributed by atoms with E-state index in [9.17, 15) is 9.59 Å². The molecule has 1 aromatic heterocycles. The summed E-state index contributed by atoms with van der Waals surface area (Å²) in [5.74, 6) is 0.764. The Balaban J connectivity index is 1.82. The zero-order valence-corrected chi connectivity index (χ0v) is 13.5. The molecule has 0 aliphatic heterocycles. The van der Waals surface area contributed by atoms with Crippen LogP contribution in [0.2, 0.25) is 0 Å². The summed E-state index contributed by atoms with van der Waals surface area (Å²) in [6.07, 6.45) is 0. The normalized spacial score (nSPS) is 10.3. The minimum absolute atomic E-state index is 0.231. The quantitative estimate of drug-likeness (QED) is 0.672. The van der Waals surface area contributed by atoms with E-state index in [1.165, 1.54) is 11.8 Å². The average Bonchev–Trinajstić information content (AvgIpc) is 2.82. The largest absolute Gasteiger partial charge is 0.466 e. The molecule has 2 aromatic rings. The van der Waals surface area contributed by atoms with E-state index in [2.05, 4.69) is 10.9 Å². The minimum atomic E-state index is -0.386. The van der Waals surface area contributed by atoms with Gasteiger partial charge < -0.3 is 4.42 Å². The molecular weight excluding hydrogens is 300 g/mol. The number of carbonyl (C=O) groups is 2. The van der Waals surface area contributed by atoms with Crippen molar-refractivity contribution in [1.82, 2.24) is 10.9 Å². The highest BCUT2D eigenvalue weighted by molar-refractivity contribution is 8.00. The lowest BCUT2D eigenvalue weighted by molar-refractivity contribution is -0.119. The van der Waals surface area contributed by atoms with Crippen LogP contribution in [0.25, 0.3) is 0 Å². The highest BCUT2D eigenvalue weighted by Gasteiger charge is 2.14. The Kier molecular flexibility index (Phi) is 5.27. The number of furan rings is 1. The SMILES string of the molecule is Cc1cc(C(=O)NNC(=O)CSc2ccccc2C)c(C)o1. The smallest absolute Gasteiger partial charge is 0.273 e. The van der Waals surface area contributed by atoms with E-state index in [-0.39, 0.29) is 17.6 Å². The molecule has 2 rings (SSSR count). The van der Waals surface area contributed by atoms with Crippen LogP contribution in [0.3, 0.4) is 0 Å². The summed E-state index contributed by atoms with van der Waals surface area (Å²) in [5, 5.41) is 0. The maximum Gasteiger partial charge on any atom is 0.273 e. The van der Waals surface area contributed by atoms with Crippen molar-refractivity contribution in [2.24, 2.45) is 0 Å². The van der Waals surface area contributed by atoms with Crippen LogP contribution in [-0.2, 0) is 4.79 Å². The minimum Gasteiger partial charge on any atom is -0.466 e. The fourth-order valence-electron chi connectivity index (χ4n) is 1.95. The van der Waals surface area contributed by atoms with Gasteiger partial charge >= 0.3 is 0 Å². The summed E-state index contributed by atoms with van der Waals surface area (Å²) in [5.41, 5.74) is 6.34. The molecule has 2 N–H and O–H groups in total. The lowest BCUT2D eigenvalue weighted by Crippen LogP contribution is -2.42. The molecule has 0 aliphatic rings. The number of hydrogen-bond donors (Lipinski definition) is 2. The second-order valence-electron chi connectivity index (χ2n) is 4.88. The van der Waals surface area contributed by atoms with E-state index in [0.717, 1.165) is 10.5 Å². The maximum atomic E-state index is 11.9. The van der Waals surface area contributed by atoms with Crippen LogP contribution in [0, 0.1) is 20.8 Å². The molecule has 5 nitrogen and oxygen atoms in total. The van der Waals surface area contributed by atoms with Crippen LogP contribution in [0.5, 0.6) is 0 Å². The Hall–Kier alpha value is -2.21. The molecule has 0 saturated heterocycles. The molecule has 0 atom stereocenters. The van der Waals surface area contributed by atoms with Crippen molar-refractivity contribution >= 4 is 23.6 Å². The first kappa shape index (κ1) is 16.2. The van der Waals surface area contributed by atoms with Gasteiger partial charge in [0.1, 0.15) is 11.5 Å². The van der Waals surface area contributed by atoms with Gasteiger partial charge in [0, 0.05) is 4.90 Å². The molecule has 6 heteroatoms. The summed E-state index contributed by atoms with van der Waals surface area (Å²) >= 11 is 1.43. The van der Waals surface area contributed by atoms with Crippen molar-refractivity contribution in [2.45, 2.75) is 25.7 Å². The molecule has 1 aromatic carbocycles. The van der Waals surface area contributed by atoms with Crippen molar-refractivity contribution in [3.8, 4) is 0 Å². The van der Waals surface area contributed by atoms with Crippen LogP contribution < -0.4 is 10.9 Å². The Bertz CT molecular complexity index is 694. The highest BCUT2D eigenvalue weighted by Crippen LogP contribution is 2.21. The van der Waals surface area contributed by atoms with Gasteiger partial charge in [-0.1, -0.05) is 18.2 Å². The van der Waals surface area contributed by atoms with Crippen LogP contribution >= 0.6 is 11.8 Å². The number of rotatable bonds is 4. The summed E-state index contributed by atoms with van der Waals surface area (Å²) in [4.78, 5) is 24.7. The molecule has 0 fully saturated rings. The fourth-order valence-corrected chi connectivity index (χ4v) is 2.78. The number of aryl methyl sites for hydroxylation is 3. The van der Waals surface area contributed by atoms with Crippen molar-refractivity contribution in [2.75, 3.05) is 5.75 Å². The Morgan fingerprint density at radius 1 is 1.14 bits per heavy atom. The Morgan fingerprint density at radius 2 is 1.86 bits per heavy atom. The van der Waals surface area contributed by atoms with Gasteiger partial charge in [-0.15, -0.1) is 11.8 Å². The van der Waals surface area contributed by atoms with Gasteiger partial charge in [-0.2, -0.15) is 0 Å². The van der Waals surface area contributed by atoms with E-state index in [1.807, 2.05) is 31.2 Å².